The molecule has 0 aliphatic heterocycles. The van der Waals surface area contributed by atoms with Crippen LogP contribution in [0.25, 0.3) is 0 Å². The number of aromatic nitrogens is 2. The number of benzene rings is 1. The maximum Gasteiger partial charge on any atom is 0.125 e. The van der Waals surface area contributed by atoms with Crippen LogP contribution < -0.4 is 10.1 Å². The van der Waals surface area contributed by atoms with Gasteiger partial charge in [-0.05, 0) is 12.1 Å². The second-order valence-corrected chi connectivity index (χ2v) is 3.41. The molecule has 1 aromatic heterocycles. The van der Waals surface area contributed by atoms with E-state index in [9.17, 15) is 0 Å². The van der Waals surface area contributed by atoms with E-state index in [1.807, 2.05) is 0 Å². The fourth-order valence-corrected chi connectivity index (χ4v) is 1.47. The molecule has 0 radical (unpaired) electrons. The SMILES string of the molecule is COc1ccc(C#N)c(NCc2ncc[nH]2)c1. The van der Waals surface area contributed by atoms with E-state index in [-0.39, 0.29) is 0 Å². The molecule has 0 spiro atoms. The summed E-state index contributed by atoms with van der Waals surface area (Å²) in [5.74, 6) is 1.53. The van der Waals surface area contributed by atoms with Crippen molar-refractivity contribution < 1.29 is 4.74 Å². The van der Waals surface area contributed by atoms with Gasteiger partial charge in [0.25, 0.3) is 0 Å². The highest BCUT2D eigenvalue weighted by Gasteiger charge is 2.04. The lowest BCUT2D eigenvalue weighted by Gasteiger charge is -2.08. The Labute approximate surface area is 99.1 Å². The van der Waals surface area contributed by atoms with Gasteiger partial charge in [-0.1, -0.05) is 0 Å². The molecule has 5 heteroatoms. The number of rotatable bonds is 4. The molecule has 1 aromatic carbocycles. The lowest BCUT2D eigenvalue weighted by Crippen LogP contribution is -2.03. The number of nitrogens with one attached hydrogen (secondary N) is 2. The van der Waals surface area contributed by atoms with Crippen LogP contribution in [0.2, 0.25) is 0 Å². The van der Waals surface area contributed by atoms with Crippen LogP contribution in [0, 0.1) is 11.3 Å². The van der Waals surface area contributed by atoms with Gasteiger partial charge in [-0.2, -0.15) is 5.26 Å². The molecule has 0 bridgehead atoms. The third kappa shape index (κ3) is 2.55. The number of imidazole rings is 1. The highest BCUT2D eigenvalue weighted by Crippen LogP contribution is 2.22. The number of nitriles is 1. The standard InChI is InChI=1S/C12H12N4O/c1-17-10-3-2-9(7-13)11(6-10)16-8-12-14-4-5-15-12/h2-6,16H,8H2,1H3,(H,14,15). The molecule has 2 rings (SSSR count). The Morgan fingerprint density at radius 2 is 2.41 bits per heavy atom. The van der Waals surface area contributed by atoms with Crippen molar-refractivity contribution in [2.45, 2.75) is 6.54 Å². The van der Waals surface area contributed by atoms with Crippen molar-refractivity contribution in [1.82, 2.24) is 9.97 Å². The van der Waals surface area contributed by atoms with Crippen molar-refractivity contribution in [2.24, 2.45) is 0 Å². The van der Waals surface area contributed by atoms with Crippen molar-refractivity contribution in [3.8, 4) is 11.8 Å². The molecule has 1 heterocycles. The zero-order valence-electron chi connectivity index (χ0n) is 9.40. The number of methoxy groups -OCH3 is 1. The van der Waals surface area contributed by atoms with Gasteiger partial charge in [0.2, 0.25) is 0 Å². The first-order valence-electron chi connectivity index (χ1n) is 5.13. The highest BCUT2D eigenvalue weighted by molar-refractivity contribution is 5.60. The van der Waals surface area contributed by atoms with Crippen molar-refractivity contribution in [3.63, 3.8) is 0 Å². The van der Waals surface area contributed by atoms with Crippen LogP contribution in [-0.2, 0) is 6.54 Å². The number of ether oxygens (including phenoxy) is 1. The van der Waals surface area contributed by atoms with E-state index in [1.54, 1.807) is 37.7 Å². The molecule has 0 fully saturated rings. The quantitative estimate of drug-likeness (QED) is 0.838. The third-order valence-corrected chi connectivity index (χ3v) is 2.35. The Morgan fingerprint density at radius 1 is 1.53 bits per heavy atom. The van der Waals surface area contributed by atoms with Crippen molar-refractivity contribution >= 4 is 5.69 Å². The minimum Gasteiger partial charge on any atom is -0.497 e. The van der Waals surface area contributed by atoms with Crippen LogP contribution in [0.1, 0.15) is 11.4 Å². The van der Waals surface area contributed by atoms with Gasteiger partial charge in [0.15, 0.2) is 0 Å². The smallest absolute Gasteiger partial charge is 0.125 e. The molecule has 2 N–H and O–H groups in total. The first kappa shape index (κ1) is 11.0. The Hall–Kier alpha value is -2.48. The Morgan fingerprint density at radius 3 is 3.06 bits per heavy atom. The highest BCUT2D eigenvalue weighted by atomic mass is 16.5. The summed E-state index contributed by atoms with van der Waals surface area (Å²) < 4.78 is 5.12. The monoisotopic (exact) mass is 228 g/mol. The summed E-state index contributed by atoms with van der Waals surface area (Å²) in [6.45, 7) is 0.537. The minimum absolute atomic E-state index is 0.537. The van der Waals surface area contributed by atoms with Crippen LogP contribution in [-0.4, -0.2) is 17.1 Å². The Bertz CT molecular complexity index is 528. The molecule has 0 saturated carbocycles. The minimum atomic E-state index is 0.537. The van der Waals surface area contributed by atoms with E-state index in [1.165, 1.54) is 0 Å². The summed E-state index contributed by atoms with van der Waals surface area (Å²) in [4.78, 5) is 7.08. The molecular formula is C12H12N4O. The van der Waals surface area contributed by atoms with Crippen LogP contribution in [0.15, 0.2) is 30.6 Å². The van der Waals surface area contributed by atoms with Gasteiger partial charge in [-0.3, -0.25) is 0 Å². The van der Waals surface area contributed by atoms with Gasteiger partial charge in [0, 0.05) is 18.5 Å². The molecule has 0 unspecified atom stereocenters. The lowest BCUT2D eigenvalue weighted by molar-refractivity contribution is 0.415. The van der Waals surface area contributed by atoms with Crippen molar-refractivity contribution in [3.05, 3.63) is 42.0 Å². The molecule has 86 valence electrons. The largest absolute Gasteiger partial charge is 0.497 e. The fourth-order valence-electron chi connectivity index (χ4n) is 1.47. The van der Waals surface area contributed by atoms with E-state index in [0.717, 1.165) is 11.5 Å². The fraction of sp³-hybridized carbons (Fsp3) is 0.167. The first-order chi connectivity index (χ1) is 8.33. The Kier molecular flexibility index (Phi) is 3.26. The van der Waals surface area contributed by atoms with Crippen molar-refractivity contribution in [2.75, 3.05) is 12.4 Å². The number of H-pyrrole nitrogens is 1. The molecular weight excluding hydrogens is 216 g/mol. The van der Waals surface area contributed by atoms with Gasteiger partial charge in [0.1, 0.15) is 17.6 Å². The summed E-state index contributed by atoms with van der Waals surface area (Å²) >= 11 is 0. The first-order valence-corrected chi connectivity index (χ1v) is 5.13. The van der Waals surface area contributed by atoms with Gasteiger partial charge >= 0.3 is 0 Å². The van der Waals surface area contributed by atoms with E-state index in [2.05, 4.69) is 21.4 Å². The third-order valence-electron chi connectivity index (χ3n) is 2.35. The van der Waals surface area contributed by atoms with Crippen LogP contribution in [0.5, 0.6) is 5.75 Å². The van der Waals surface area contributed by atoms with E-state index in [4.69, 9.17) is 10.00 Å². The van der Waals surface area contributed by atoms with Gasteiger partial charge in [-0.15, -0.1) is 0 Å². The summed E-state index contributed by atoms with van der Waals surface area (Å²) in [6.07, 6.45) is 3.45. The lowest BCUT2D eigenvalue weighted by atomic mass is 10.2. The van der Waals surface area contributed by atoms with Crippen molar-refractivity contribution in [1.29, 1.82) is 5.26 Å². The van der Waals surface area contributed by atoms with Gasteiger partial charge < -0.3 is 15.0 Å². The average molecular weight is 228 g/mol. The molecule has 0 aliphatic carbocycles. The molecule has 0 atom stereocenters. The number of nitrogens with zero attached hydrogens (tertiary/aromatic N) is 2. The summed E-state index contributed by atoms with van der Waals surface area (Å²) in [6, 6.07) is 7.41. The molecule has 2 aromatic rings. The predicted octanol–water partition coefficient (Wildman–Crippen LogP) is 1.90. The Balaban J connectivity index is 2.16. The second kappa shape index (κ2) is 5.03. The molecule has 5 nitrogen and oxygen atoms in total. The summed E-state index contributed by atoms with van der Waals surface area (Å²) in [5, 5.41) is 12.1. The second-order valence-electron chi connectivity index (χ2n) is 3.41. The van der Waals surface area contributed by atoms with Gasteiger partial charge in [-0.25, -0.2) is 4.98 Å². The van der Waals surface area contributed by atoms with Crippen LogP contribution >= 0.6 is 0 Å². The zero-order chi connectivity index (χ0) is 12.1. The number of hydrogen-bond acceptors (Lipinski definition) is 4. The number of anilines is 1. The zero-order valence-corrected chi connectivity index (χ0v) is 9.40. The van der Waals surface area contributed by atoms with E-state index in [0.29, 0.717) is 17.9 Å². The molecule has 0 aliphatic rings. The molecule has 17 heavy (non-hydrogen) atoms. The molecule has 0 saturated heterocycles. The summed E-state index contributed by atoms with van der Waals surface area (Å²) in [5.41, 5.74) is 1.32. The number of aromatic amines is 1. The number of hydrogen-bond donors (Lipinski definition) is 2. The van der Waals surface area contributed by atoms with E-state index >= 15 is 0 Å². The normalized spacial score (nSPS) is 9.65. The van der Waals surface area contributed by atoms with Crippen LogP contribution in [0.3, 0.4) is 0 Å². The summed E-state index contributed by atoms with van der Waals surface area (Å²) in [7, 11) is 1.59. The topological polar surface area (TPSA) is 73.7 Å². The van der Waals surface area contributed by atoms with Gasteiger partial charge in [0.05, 0.1) is 24.9 Å². The maximum atomic E-state index is 8.98. The predicted molar refractivity (Wildman–Crippen MR) is 63.6 cm³/mol. The molecule has 0 amide bonds. The average Bonchev–Trinajstić information content (AvgIpc) is 2.89. The maximum absolute atomic E-state index is 8.98. The van der Waals surface area contributed by atoms with Crippen LogP contribution in [0.4, 0.5) is 5.69 Å². The van der Waals surface area contributed by atoms with E-state index < -0.39 is 0 Å².